The standard InChI is InChI=1S/C35H32Cl2N2O7S/c1-5-45-26-11-9-25(10-12-26)39-23(3)33(35(41)44-4)30(34(39)40)19-27-13-14-28(46-27)21-38(20-24-8-17-31(36)32(37)18-24)47(42,43)29-15-6-22(2)7-16-29/h6-19H,5,20-21H2,1-4H3/b30-19+. The van der Waals surface area contributed by atoms with Crippen LogP contribution in [0, 0.1) is 6.92 Å². The Balaban J connectivity index is 1.47. The van der Waals surface area contributed by atoms with Crippen LogP contribution in [0.25, 0.3) is 6.08 Å². The molecule has 12 heteroatoms. The molecule has 0 radical (unpaired) electrons. The number of ether oxygens (including phenoxy) is 2. The number of benzene rings is 3. The van der Waals surface area contributed by atoms with Crippen LogP contribution in [0.15, 0.2) is 105 Å². The van der Waals surface area contributed by atoms with E-state index in [0.717, 1.165) is 5.56 Å². The second kappa shape index (κ2) is 14.2. The van der Waals surface area contributed by atoms with E-state index in [0.29, 0.717) is 45.1 Å². The third-order valence-electron chi connectivity index (χ3n) is 7.50. The lowest BCUT2D eigenvalue weighted by atomic mass is 10.1. The number of rotatable bonds is 11. The first-order valence-electron chi connectivity index (χ1n) is 14.6. The van der Waals surface area contributed by atoms with E-state index in [1.807, 2.05) is 13.8 Å². The number of sulfonamides is 1. The van der Waals surface area contributed by atoms with Crippen LogP contribution in [0.1, 0.15) is 36.5 Å². The predicted octanol–water partition coefficient (Wildman–Crippen LogP) is 7.56. The maximum absolute atomic E-state index is 13.8. The summed E-state index contributed by atoms with van der Waals surface area (Å²) >= 11 is 12.3. The molecule has 0 saturated heterocycles. The Hall–Kier alpha value is -4.35. The zero-order valence-electron chi connectivity index (χ0n) is 26.1. The minimum absolute atomic E-state index is 0.0197. The van der Waals surface area contributed by atoms with Gasteiger partial charge in [-0.2, -0.15) is 4.31 Å². The van der Waals surface area contributed by atoms with Gasteiger partial charge in [0.2, 0.25) is 10.0 Å². The second-order valence-electron chi connectivity index (χ2n) is 10.7. The molecule has 0 saturated carbocycles. The van der Waals surface area contributed by atoms with Crippen LogP contribution in [-0.2, 0) is 37.4 Å². The molecule has 1 aliphatic heterocycles. The summed E-state index contributed by atoms with van der Waals surface area (Å²) in [6.45, 7) is 5.75. The minimum atomic E-state index is -3.99. The van der Waals surface area contributed by atoms with Gasteiger partial charge >= 0.3 is 5.97 Å². The highest BCUT2D eigenvalue weighted by molar-refractivity contribution is 7.89. The first-order valence-corrected chi connectivity index (χ1v) is 16.8. The molecular weight excluding hydrogens is 663 g/mol. The molecule has 0 N–H and O–H groups in total. The quantitative estimate of drug-likeness (QED) is 0.118. The Labute approximate surface area is 283 Å². The van der Waals surface area contributed by atoms with E-state index >= 15 is 0 Å². The van der Waals surface area contributed by atoms with Crippen molar-refractivity contribution in [3.63, 3.8) is 0 Å². The van der Waals surface area contributed by atoms with Crippen molar-refractivity contribution in [1.29, 1.82) is 0 Å². The number of esters is 1. The SMILES string of the molecule is CCOc1ccc(N2C(=O)/C(=C/c3ccc(CN(Cc4ccc(Cl)c(Cl)c4)S(=O)(=O)c4ccc(C)cc4)o3)C(C(=O)OC)=C2C)cc1. The predicted molar refractivity (Wildman–Crippen MR) is 181 cm³/mol. The molecule has 1 aliphatic rings. The Bertz CT molecular complexity index is 1980. The van der Waals surface area contributed by atoms with Crippen LogP contribution < -0.4 is 9.64 Å². The third-order valence-corrected chi connectivity index (χ3v) is 10.0. The number of halogens is 2. The van der Waals surface area contributed by atoms with Gasteiger partial charge in [0, 0.05) is 17.9 Å². The zero-order chi connectivity index (χ0) is 33.9. The molecule has 0 atom stereocenters. The van der Waals surface area contributed by atoms with Crippen molar-refractivity contribution in [1.82, 2.24) is 4.31 Å². The maximum atomic E-state index is 13.8. The fraction of sp³-hybridized carbons (Fsp3) is 0.200. The van der Waals surface area contributed by atoms with Crippen molar-refractivity contribution in [2.24, 2.45) is 0 Å². The van der Waals surface area contributed by atoms with Gasteiger partial charge in [-0.1, -0.05) is 47.0 Å². The maximum Gasteiger partial charge on any atom is 0.340 e. The number of amides is 1. The molecule has 3 aromatic carbocycles. The van der Waals surface area contributed by atoms with E-state index < -0.39 is 21.9 Å². The molecule has 1 aromatic heterocycles. The highest BCUT2D eigenvalue weighted by Gasteiger charge is 2.38. The molecule has 9 nitrogen and oxygen atoms in total. The van der Waals surface area contributed by atoms with Crippen molar-refractivity contribution in [3.8, 4) is 5.75 Å². The van der Waals surface area contributed by atoms with E-state index in [2.05, 4.69) is 0 Å². The van der Waals surface area contributed by atoms with E-state index in [9.17, 15) is 18.0 Å². The monoisotopic (exact) mass is 694 g/mol. The molecule has 1 amide bonds. The smallest absolute Gasteiger partial charge is 0.340 e. The number of anilines is 1. The fourth-order valence-corrected chi connectivity index (χ4v) is 6.86. The number of methoxy groups -OCH3 is 1. The van der Waals surface area contributed by atoms with E-state index in [1.54, 1.807) is 85.8 Å². The Morgan fingerprint density at radius 1 is 0.936 bits per heavy atom. The first-order chi connectivity index (χ1) is 22.4. The Morgan fingerprint density at radius 2 is 1.64 bits per heavy atom. The van der Waals surface area contributed by atoms with Gasteiger partial charge in [-0.05, 0) is 93.1 Å². The summed E-state index contributed by atoms with van der Waals surface area (Å²) in [6.07, 6.45) is 1.45. The summed E-state index contributed by atoms with van der Waals surface area (Å²) in [5, 5.41) is 0.652. The highest BCUT2D eigenvalue weighted by atomic mass is 35.5. The van der Waals surface area contributed by atoms with E-state index in [-0.39, 0.29) is 34.9 Å². The molecule has 244 valence electrons. The minimum Gasteiger partial charge on any atom is -0.494 e. The Kier molecular flexibility index (Phi) is 10.3. The molecule has 0 unspecified atom stereocenters. The number of carbonyl (C=O) groups is 2. The normalized spacial score (nSPS) is 14.4. The van der Waals surface area contributed by atoms with Gasteiger partial charge in [0.1, 0.15) is 17.3 Å². The van der Waals surface area contributed by atoms with Gasteiger partial charge in [-0.25, -0.2) is 13.2 Å². The van der Waals surface area contributed by atoms with Gasteiger partial charge in [0.05, 0.1) is 46.3 Å². The lowest BCUT2D eigenvalue weighted by Gasteiger charge is -2.22. The number of carbonyl (C=O) groups excluding carboxylic acids is 2. The largest absolute Gasteiger partial charge is 0.494 e. The molecule has 4 aromatic rings. The topological polar surface area (TPSA) is 106 Å². The number of hydrogen-bond acceptors (Lipinski definition) is 7. The van der Waals surface area contributed by atoms with Crippen LogP contribution in [0.3, 0.4) is 0 Å². The highest BCUT2D eigenvalue weighted by Crippen LogP contribution is 2.36. The van der Waals surface area contributed by atoms with Gasteiger partial charge in [0.15, 0.2) is 0 Å². The molecule has 2 heterocycles. The van der Waals surface area contributed by atoms with Crippen molar-refractivity contribution in [2.75, 3.05) is 18.6 Å². The summed E-state index contributed by atoms with van der Waals surface area (Å²) in [6, 6.07) is 21.7. The average Bonchev–Trinajstić information content (AvgIpc) is 3.59. The van der Waals surface area contributed by atoms with E-state index in [1.165, 1.54) is 22.4 Å². The van der Waals surface area contributed by atoms with Crippen LogP contribution in [0.2, 0.25) is 10.0 Å². The van der Waals surface area contributed by atoms with Crippen molar-refractivity contribution in [3.05, 3.63) is 128 Å². The average molecular weight is 696 g/mol. The summed E-state index contributed by atoms with van der Waals surface area (Å²) in [4.78, 5) is 28.2. The third kappa shape index (κ3) is 7.31. The van der Waals surface area contributed by atoms with Crippen molar-refractivity contribution in [2.45, 2.75) is 38.8 Å². The van der Waals surface area contributed by atoms with Crippen LogP contribution in [-0.4, -0.2) is 38.3 Å². The lowest BCUT2D eigenvalue weighted by molar-refractivity contribution is -0.136. The summed E-state index contributed by atoms with van der Waals surface area (Å²) in [7, 11) is -2.75. The van der Waals surface area contributed by atoms with Gasteiger partial charge in [-0.15, -0.1) is 0 Å². The lowest BCUT2D eigenvalue weighted by Crippen LogP contribution is -2.30. The van der Waals surface area contributed by atoms with Crippen LogP contribution >= 0.6 is 23.2 Å². The number of aryl methyl sites for hydroxylation is 1. The Morgan fingerprint density at radius 3 is 2.28 bits per heavy atom. The zero-order valence-corrected chi connectivity index (χ0v) is 28.4. The van der Waals surface area contributed by atoms with E-state index in [4.69, 9.17) is 37.1 Å². The molecular formula is C35H32Cl2N2O7S. The van der Waals surface area contributed by atoms with Crippen molar-refractivity contribution >= 4 is 56.9 Å². The first kappa shape index (κ1) is 34.0. The van der Waals surface area contributed by atoms with Crippen molar-refractivity contribution < 1.29 is 31.9 Å². The second-order valence-corrected chi connectivity index (χ2v) is 13.5. The molecule has 0 fully saturated rings. The fourth-order valence-electron chi connectivity index (χ4n) is 5.15. The number of allylic oxidation sites excluding steroid dienone is 1. The molecule has 0 aliphatic carbocycles. The molecule has 5 rings (SSSR count). The molecule has 0 spiro atoms. The molecule has 47 heavy (non-hydrogen) atoms. The van der Waals surface area contributed by atoms with Gasteiger partial charge in [0.25, 0.3) is 5.91 Å². The summed E-state index contributed by atoms with van der Waals surface area (Å²) in [5.74, 6) is 0.0664. The number of furan rings is 1. The molecule has 0 bridgehead atoms. The van der Waals surface area contributed by atoms with Crippen LogP contribution in [0.5, 0.6) is 5.75 Å². The van der Waals surface area contributed by atoms with Crippen LogP contribution in [0.4, 0.5) is 5.69 Å². The van der Waals surface area contributed by atoms with Gasteiger partial charge in [-0.3, -0.25) is 9.69 Å². The summed E-state index contributed by atoms with van der Waals surface area (Å²) in [5.41, 5.74) is 2.64. The number of hydrogen-bond donors (Lipinski definition) is 0. The number of nitrogens with zero attached hydrogens (tertiary/aromatic N) is 2. The summed E-state index contributed by atoms with van der Waals surface area (Å²) < 4.78 is 45.5. The van der Waals surface area contributed by atoms with Gasteiger partial charge < -0.3 is 13.9 Å².